The molecule has 5 heteroatoms. The van der Waals surface area contributed by atoms with Gasteiger partial charge >= 0.3 is 0 Å². The number of carbonyl (C=O) groups excluding carboxylic acids is 1. The van der Waals surface area contributed by atoms with E-state index in [0.29, 0.717) is 6.42 Å². The predicted molar refractivity (Wildman–Crippen MR) is 52.0 cm³/mol. The Balaban J connectivity index is 4.38. The largest absolute Gasteiger partial charge is 0.298 e. The third-order valence-electron chi connectivity index (χ3n) is 1.79. The minimum absolute atomic E-state index is 0.0933. The van der Waals surface area contributed by atoms with Gasteiger partial charge in [0.05, 0.1) is 11.3 Å². The molecule has 0 aromatic rings. The van der Waals surface area contributed by atoms with Gasteiger partial charge in [0, 0.05) is 6.42 Å². The van der Waals surface area contributed by atoms with E-state index >= 15 is 0 Å². The first-order valence-electron chi connectivity index (χ1n) is 4.35. The highest BCUT2D eigenvalue weighted by Gasteiger charge is 2.21. The van der Waals surface area contributed by atoms with Gasteiger partial charge in [-0.1, -0.05) is 6.92 Å². The third kappa shape index (κ3) is 3.87. The highest BCUT2D eigenvalue weighted by Crippen LogP contribution is 1.99. The Morgan fingerprint density at radius 3 is 2.08 bits per heavy atom. The van der Waals surface area contributed by atoms with Crippen LogP contribution in [0.1, 0.15) is 34.1 Å². The first kappa shape index (κ1) is 12.6. The van der Waals surface area contributed by atoms with Gasteiger partial charge in [0.15, 0.2) is 0 Å². The number of rotatable bonds is 5. The summed E-state index contributed by atoms with van der Waals surface area (Å²) >= 11 is 0. The lowest BCUT2D eigenvalue weighted by molar-refractivity contribution is -0.119. The molecule has 0 radical (unpaired) electrons. The highest BCUT2D eigenvalue weighted by atomic mass is 32.2. The molecule has 0 saturated heterocycles. The number of hydrogen-bond acceptors (Lipinski definition) is 3. The number of Topliss-reactive ketones (excluding diaryl/α,β-unsaturated/α-hetero) is 1. The summed E-state index contributed by atoms with van der Waals surface area (Å²) in [7, 11) is -3.32. The molecule has 0 saturated carbocycles. The number of ketones is 1. The first-order valence-corrected chi connectivity index (χ1v) is 5.89. The summed E-state index contributed by atoms with van der Waals surface area (Å²) in [5.41, 5.74) is 0. The molecule has 0 fully saturated rings. The van der Waals surface area contributed by atoms with Gasteiger partial charge in [0.2, 0.25) is 10.0 Å². The molecule has 0 heterocycles. The second-order valence-electron chi connectivity index (χ2n) is 3.25. The first-order chi connectivity index (χ1) is 5.81. The molecule has 1 unspecified atom stereocenters. The quantitative estimate of drug-likeness (QED) is 0.721. The van der Waals surface area contributed by atoms with Crippen LogP contribution in [0, 0.1) is 0 Å². The average molecular weight is 207 g/mol. The monoisotopic (exact) mass is 207 g/mol. The predicted octanol–water partition coefficient (Wildman–Crippen LogP) is 0.682. The molecule has 0 spiro atoms. The zero-order chi connectivity index (χ0) is 10.6. The molecule has 13 heavy (non-hydrogen) atoms. The van der Waals surface area contributed by atoms with Crippen LogP contribution in [0.25, 0.3) is 0 Å². The van der Waals surface area contributed by atoms with E-state index in [4.69, 9.17) is 0 Å². The SMILES string of the molecule is CCC(=O)C(C)NS(=O)(=O)C(C)C. The zero-order valence-electron chi connectivity index (χ0n) is 8.49. The van der Waals surface area contributed by atoms with Gasteiger partial charge in [-0.2, -0.15) is 0 Å². The summed E-state index contributed by atoms with van der Waals surface area (Å²) in [4.78, 5) is 11.1. The van der Waals surface area contributed by atoms with Gasteiger partial charge in [-0.15, -0.1) is 0 Å². The minimum atomic E-state index is -3.32. The lowest BCUT2D eigenvalue weighted by atomic mass is 10.2. The Labute approximate surface area is 79.8 Å². The molecule has 4 nitrogen and oxygen atoms in total. The van der Waals surface area contributed by atoms with Crippen LogP contribution >= 0.6 is 0 Å². The number of sulfonamides is 1. The highest BCUT2D eigenvalue weighted by molar-refractivity contribution is 7.90. The molecule has 0 bridgehead atoms. The molecule has 0 aromatic heterocycles. The van der Waals surface area contributed by atoms with E-state index in [9.17, 15) is 13.2 Å². The fraction of sp³-hybridized carbons (Fsp3) is 0.875. The van der Waals surface area contributed by atoms with Gasteiger partial charge in [-0.25, -0.2) is 13.1 Å². The Kier molecular flexibility index (Phi) is 4.56. The summed E-state index contributed by atoms with van der Waals surface area (Å²) in [6.07, 6.45) is 0.349. The van der Waals surface area contributed by atoms with Crippen LogP contribution in [-0.2, 0) is 14.8 Å². The van der Waals surface area contributed by atoms with Crippen LogP contribution in [0.4, 0.5) is 0 Å². The maximum absolute atomic E-state index is 11.3. The van der Waals surface area contributed by atoms with E-state index in [2.05, 4.69) is 4.72 Å². The van der Waals surface area contributed by atoms with Crippen molar-refractivity contribution in [3.05, 3.63) is 0 Å². The van der Waals surface area contributed by atoms with Gasteiger partial charge < -0.3 is 0 Å². The van der Waals surface area contributed by atoms with Gasteiger partial charge in [-0.05, 0) is 20.8 Å². The molecule has 0 aromatic carbocycles. The van der Waals surface area contributed by atoms with Crippen molar-refractivity contribution in [3.63, 3.8) is 0 Å². The fourth-order valence-electron chi connectivity index (χ4n) is 0.754. The van der Waals surface area contributed by atoms with Crippen molar-refractivity contribution in [1.29, 1.82) is 0 Å². The number of hydrogen-bond donors (Lipinski definition) is 1. The molecule has 1 N–H and O–H groups in total. The van der Waals surface area contributed by atoms with Crippen molar-refractivity contribution in [2.45, 2.75) is 45.4 Å². The fourth-order valence-corrected chi connectivity index (χ4v) is 1.65. The van der Waals surface area contributed by atoms with E-state index in [1.54, 1.807) is 27.7 Å². The lowest BCUT2D eigenvalue weighted by Crippen LogP contribution is -2.41. The van der Waals surface area contributed by atoms with Gasteiger partial charge in [0.25, 0.3) is 0 Å². The van der Waals surface area contributed by atoms with E-state index in [0.717, 1.165) is 0 Å². The van der Waals surface area contributed by atoms with Crippen molar-refractivity contribution >= 4 is 15.8 Å². The standard InChI is InChI=1S/C8H17NO3S/c1-5-8(10)7(4)9-13(11,12)6(2)3/h6-7,9H,5H2,1-4H3. The van der Waals surface area contributed by atoms with Gasteiger partial charge in [-0.3, -0.25) is 4.79 Å². The lowest BCUT2D eigenvalue weighted by Gasteiger charge is -2.14. The molecular formula is C8H17NO3S. The smallest absolute Gasteiger partial charge is 0.214 e. The van der Waals surface area contributed by atoms with Crippen molar-refractivity contribution < 1.29 is 13.2 Å². The van der Waals surface area contributed by atoms with E-state index < -0.39 is 21.3 Å². The summed E-state index contributed by atoms with van der Waals surface area (Å²) in [5.74, 6) is -0.0933. The van der Waals surface area contributed by atoms with Crippen LogP contribution in [0.2, 0.25) is 0 Å². The Morgan fingerprint density at radius 1 is 1.31 bits per heavy atom. The maximum atomic E-state index is 11.3. The summed E-state index contributed by atoms with van der Waals surface area (Å²) in [6.45, 7) is 6.42. The van der Waals surface area contributed by atoms with Crippen molar-refractivity contribution in [2.75, 3.05) is 0 Å². The van der Waals surface area contributed by atoms with E-state index in [-0.39, 0.29) is 5.78 Å². The average Bonchev–Trinajstić information content (AvgIpc) is 2.01. The summed E-state index contributed by atoms with van der Waals surface area (Å²) in [6, 6.07) is -0.614. The number of carbonyl (C=O) groups is 1. The van der Waals surface area contributed by atoms with Gasteiger partial charge in [0.1, 0.15) is 5.78 Å². The Morgan fingerprint density at radius 2 is 1.77 bits per heavy atom. The molecule has 1 atom stereocenters. The van der Waals surface area contributed by atoms with E-state index in [1.165, 1.54) is 0 Å². The molecule has 0 aliphatic heterocycles. The second kappa shape index (κ2) is 4.72. The molecule has 0 amide bonds. The van der Waals surface area contributed by atoms with Crippen LogP contribution in [0.5, 0.6) is 0 Å². The molecule has 0 rings (SSSR count). The van der Waals surface area contributed by atoms with Crippen molar-refractivity contribution in [1.82, 2.24) is 4.72 Å². The molecule has 0 aliphatic carbocycles. The van der Waals surface area contributed by atoms with Crippen molar-refractivity contribution in [2.24, 2.45) is 0 Å². The van der Waals surface area contributed by atoms with Crippen molar-refractivity contribution in [3.8, 4) is 0 Å². The topological polar surface area (TPSA) is 63.2 Å². The maximum Gasteiger partial charge on any atom is 0.214 e. The molecule has 0 aliphatic rings. The minimum Gasteiger partial charge on any atom is -0.298 e. The van der Waals surface area contributed by atoms with Crippen LogP contribution in [0.3, 0.4) is 0 Å². The van der Waals surface area contributed by atoms with Crippen LogP contribution in [-0.4, -0.2) is 25.5 Å². The normalized spacial score (nSPS) is 14.5. The Bertz CT molecular complexity index is 269. The third-order valence-corrected chi connectivity index (χ3v) is 3.72. The van der Waals surface area contributed by atoms with Crippen LogP contribution in [0.15, 0.2) is 0 Å². The summed E-state index contributed by atoms with van der Waals surface area (Å²) in [5, 5.41) is -0.500. The summed E-state index contributed by atoms with van der Waals surface area (Å²) < 4.78 is 24.9. The Hall–Kier alpha value is -0.420. The van der Waals surface area contributed by atoms with E-state index in [1.807, 2.05) is 0 Å². The number of nitrogens with one attached hydrogen (secondary N) is 1. The molecule has 78 valence electrons. The van der Waals surface area contributed by atoms with Crippen LogP contribution < -0.4 is 4.72 Å². The zero-order valence-corrected chi connectivity index (χ0v) is 9.31. The molecular weight excluding hydrogens is 190 g/mol. The second-order valence-corrected chi connectivity index (χ2v) is 5.52.